The molecule has 0 aliphatic rings. The summed E-state index contributed by atoms with van der Waals surface area (Å²) in [6, 6.07) is 9.59. The summed E-state index contributed by atoms with van der Waals surface area (Å²) in [5.41, 5.74) is 1.16. The molecule has 2 rings (SSSR count). The third-order valence-electron chi connectivity index (χ3n) is 3.11. The maximum absolute atomic E-state index is 11.8. The van der Waals surface area contributed by atoms with Crippen LogP contribution in [0.15, 0.2) is 42.7 Å². The molecular weight excluding hydrogens is 274 g/mol. The van der Waals surface area contributed by atoms with Crippen molar-refractivity contribution in [1.82, 2.24) is 15.1 Å². The van der Waals surface area contributed by atoms with Gasteiger partial charge in [0.25, 0.3) is 0 Å². The molecule has 0 saturated carbocycles. The lowest BCUT2D eigenvalue weighted by Crippen LogP contribution is -2.27. The first-order chi connectivity index (χ1) is 9.65. The number of nitrogens with one attached hydrogen (secondary N) is 1. The largest absolute Gasteiger partial charge is 0.356 e. The molecule has 1 atom stereocenters. The van der Waals surface area contributed by atoms with E-state index in [0.29, 0.717) is 13.0 Å². The lowest BCUT2D eigenvalue weighted by molar-refractivity contribution is -0.121. The van der Waals surface area contributed by atoms with Crippen molar-refractivity contribution in [3.05, 3.63) is 53.3 Å². The molecule has 1 N–H and O–H groups in total. The molecule has 0 aliphatic carbocycles. The van der Waals surface area contributed by atoms with Crippen LogP contribution in [0.5, 0.6) is 0 Å². The zero-order chi connectivity index (χ0) is 14.4. The van der Waals surface area contributed by atoms with Gasteiger partial charge >= 0.3 is 0 Å². The van der Waals surface area contributed by atoms with E-state index in [1.54, 1.807) is 10.9 Å². The third kappa shape index (κ3) is 4.38. The first-order valence-corrected chi connectivity index (χ1v) is 7.03. The molecular formula is C15H18ClN3O. The second kappa shape index (κ2) is 7.10. The fourth-order valence-corrected chi connectivity index (χ4v) is 2.10. The van der Waals surface area contributed by atoms with Gasteiger partial charge in [-0.3, -0.25) is 9.48 Å². The van der Waals surface area contributed by atoms with E-state index in [-0.39, 0.29) is 11.9 Å². The number of carbonyl (C=O) groups is 1. The molecule has 0 fully saturated rings. The number of aromatic nitrogens is 2. The lowest BCUT2D eigenvalue weighted by atomic mass is 10.1. The maximum atomic E-state index is 11.8. The van der Waals surface area contributed by atoms with E-state index in [1.807, 2.05) is 43.5 Å². The molecule has 1 unspecified atom stereocenters. The minimum Gasteiger partial charge on any atom is -0.356 e. The van der Waals surface area contributed by atoms with E-state index in [1.165, 1.54) is 0 Å². The summed E-state index contributed by atoms with van der Waals surface area (Å²) in [6.07, 6.45) is 4.82. The van der Waals surface area contributed by atoms with Crippen molar-refractivity contribution < 1.29 is 4.79 Å². The molecule has 0 radical (unpaired) electrons. The predicted octanol–water partition coefficient (Wildman–Crippen LogP) is 2.85. The van der Waals surface area contributed by atoms with E-state index in [2.05, 4.69) is 10.4 Å². The standard InChI is InChI=1S/C15H18ClN3O/c1-12(19-10-2-8-18-19)11-15(20)17-9-7-13-3-5-14(16)6-4-13/h2-6,8,10,12H,7,9,11H2,1H3,(H,17,20). The number of carbonyl (C=O) groups excluding carboxylic acids is 1. The molecule has 1 aromatic heterocycles. The molecule has 2 aromatic rings. The molecule has 1 aromatic carbocycles. The molecule has 0 bridgehead atoms. The van der Waals surface area contributed by atoms with Crippen LogP contribution in [0.1, 0.15) is 24.9 Å². The van der Waals surface area contributed by atoms with Crippen molar-refractivity contribution >= 4 is 17.5 Å². The van der Waals surface area contributed by atoms with Crippen LogP contribution in [0.25, 0.3) is 0 Å². The highest BCUT2D eigenvalue weighted by Crippen LogP contribution is 2.10. The second-order valence-electron chi connectivity index (χ2n) is 4.77. The Kier molecular flexibility index (Phi) is 5.18. The normalized spacial score (nSPS) is 12.1. The van der Waals surface area contributed by atoms with Crippen LogP contribution in [0, 0.1) is 0 Å². The minimum absolute atomic E-state index is 0.0435. The minimum atomic E-state index is 0.0435. The van der Waals surface area contributed by atoms with Gasteiger partial charge in [-0.25, -0.2) is 0 Å². The summed E-state index contributed by atoms with van der Waals surface area (Å²) in [5, 5.41) is 7.78. The Bertz CT molecular complexity index is 537. The number of halogens is 1. The van der Waals surface area contributed by atoms with Crippen LogP contribution in [0.3, 0.4) is 0 Å². The monoisotopic (exact) mass is 291 g/mol. The molecule has 20 heavy (non-hydrogen) atoms. The Hall–Kier alpha value is -1.81. The number of amides is 1. The zero-order valence-corrected chi connectivity index (χ0v) is 12.2. The van der Waals surface area contributed by atoms with Gasteiger partial charge in [0.15, 0.2) is 0 Å². The van der Waals surface area contributed by atoms with Gasteiger partial charge in [-0.15, -0.1) is 0 Å². The molecule has 1 amide bonds. The van der Waals surface area contributed by atoms with Crippen molar-refractivity contribution in [2.45, 2.75) is 25.8 Å². The summed E-state index contributed by atoms with van der Waals surface area (Å²) in [4.78, 5) is 11.8. The van der Waals surface area contributed by atoms with Gasteiger partial charge < -0.3 is 5.32 Å². The highest BCUT2D eigenvalue weighted by Gasteiger charge is 2.10. The highest BCUT2D eigenvalue weighted by molar-refractivity contribution is 6.30. The number of rotatable bonds is 6. The topological polar surface area (TPSA) is 46.9 Å². The van der Waals surface area contributed by atoms with E-state index in [0.717, 1.165) is 17.0 Å². The van der Waals surface area contributed by atoms with Gasteiger partial charge in [-0.05, 0) is 37.1 Å². The Labute approximate surface area is 123 Å². The molecule has 106 valence electrons. The van der Waals surface area contributed by atoms with Gasteiger partial charge in [0.05, 0.1) is 6.04 Å². The summed E-state index contributed by atoms with van der Waals surface area (Å²) >= 11 is 5.82. The van der Waals surface area contributed by atoms with Crippen molar-refractivity contribution in [3.8, 4) is 0 Å². The summed E-state index contributed by atoms with van der Waals surface area (Å²) < 4.78 is 1.79. The second-order valence-corrected chi connectivity index (χ2v) is 5.20. The van der Waals surface area contributed by atoms with Crippen LogP contribution in [0.2, 0.25) is 5.02 Å². The van der Waals surface area contributed by atoms with E-state index in [4.69, 9.17) is 11.6 Å². The third-order valence-corrected chi connectivity index (χ3v) is 3.36. The molecule has 5 heteroatoms. The molecule has 1 heterocycles. The molecule has 0 aliphatic heterocycles. The Balaban J connectivity index is 1.71. The fraction of sp³-hybridized carbons (Fsp3) is 0.333. The lowest BCUT2D eigenvalue weighted by Gasteiger charge is -2.12. The summed E-state index contributed by atoms with van der Waals surface area (Å²) in [6.45, 7) is 2.61. The van der Waals surface area contributed by atoms with E-state index < -0.39 is 0 Å². The smallest absolute Gasteiger partial charge is 0.222 e. The first kappa shape index (κ1) is 14.6. The van der Waals surface area contributed by atoms with Gasteiger partial charge in [0, 0.05) is 30.4 Å². The van der Waals surface area contributed by atoms with Crippen LogP contribution in [-0.2, 0) is 11.2 Å². The molecule has 0 saturated heterocycles. The fourth-order valence-electron chi connectivity index (χ4n) is 1.97. The Morgan fingerprint density at radius 3 is 2.80 bits per heavy atom. The predicted molar refractivity (Wildman–Crippen MR) is 79.7 cm³/mol. The Morgan fingerprint density at radius 1 is 1.40 bits per heavy atom. The number of hydrogen-bond donors (Lipinski definition) is 1. The number of hydrogen-bond acceptors (Lipinski definition) is 2. The van der Waals surface area contributed by atoms with Gasteiger partial charge in [0.1, 0.15) is 0 Å². The average Bonchev–Trinajstić information content (AvgIpc) is 2.95. The van der Waals surface area contributed by atoms with Gasteiger partial charge in [-0.1, -0.05) is 23.7 Å². The average molecular weight is 292 g/mol. The molecule has 4 nitrogen and oxygen atoms in total. The van der Waals surface area contributed by atoms with E-state index >= 15 is 0 Å². The maximum Gasteiger partial charge on any atom is 0.222 e. The zero-order valence-electron chi connectivity index (χ0n) is 11.4. The highest BCUT2D eigenvalue weighted by atomic mass is 35.5. The van der Waals surface area contributed by atoms with Gasteiger partial charge in [-0.2, -0.15) is 5.10 Å². The first-order valence-electron chi connectivity index (χ1n) is 6.65. The van der Waals surface area contributed by atoms with Crippen molar-refractivity contribution in [2.75, 3.05) is 6.54 Å². The molecule has 0 spiro atoms. The van der Waals surface area contributed by atoms with Crippen LogP contribution in [-0.4, -0.2) is 22.2 Å². The SMILES string of the molecule is CC(CC(=O)NCCc1ccc(Cl)cc1)n1cccn1. The number of benzene rings is 1. The summed E-state index contributed by atoms with van der Waals surface area (Å²) in [7, 11) is 0. The van der Waals surface area contributed by atoms with E-state index in [9.17, 15) is 4.79 Å². The summed E-state index contributed by atoms with van der Waals surface area (Å²) in [5.74, 6) is 0.0435. The Morgan fingerprint density at radius 2 is 2.15 bits per heavy atom. The van der Waals surface area contributed by atoms with Crippen LogP contribution < -0.4 is 5.32 Å². The van der Waals surface area contributed by atoms with Crippen molar-refractivity contribution in [2.24, 2.45) is 0 Å². The quantitative estimate of drug-likeness (QED) is 0.889. The van der Waals surface area contributed by atoms with Crippen molar-refractivity contribution in [1.29, 1.82) is 0 Å². The van der Waals surface area contributed by atoms with Crippen LogP contribution in [0.4, 0.5) is 0 Å². The van der Waals surface area contributed by atoms with Gasteiger partial charge in [0.2, 0.25) is 5.91 Å². The van der Waals surface area contributed by atoms with Crippen LogP contribution >= 0.6 is 11.6 Å². The van der Waals surface area contributed by atoms with Crippen molar-refractivity contribution in [3.63, 3.8) is 0 Å². The number of nitrogens with zero attached hydrogens (tertiary/aromatic N) is 2.